The Morgan fingerprint density at radius 3 is 2.70 bits per heavy atom. The van der Waals surface area contributed by atoms with Gasteiger partial charge in [-0.2, -0.15) is 0 Å². The summed E-state index contributed by atoms with van der Waals surface area (Å²) in [6, 6.07) is 13.7. The van der Waals surface area contributed by atoms with Gasteiger partial charge in [0.15, 0.2) is 0 Å². The van der Waals surface area contributed by atoms with Gasteiger partial charge in [-0.25, -0.2) is 9.37 Å². The molecule has 3 aromatic rings. The van der Waals surface area contributed by atoms with E-state index in [9.17, 15) is 9.18 Å². The predicted octanol–water partition coefficient (Wildman–Crippen LogP) is 3.51. The third kappa shape index (κ3) is 4.12. The van der Waals surface area contributed by atoms with Crippen molar-refractivity contribution in [3.63, 3.8) is 0 Å². The first-order valence-corrected chi connectivity index (χ1v) is 8.00. The van der Waals surface area contributed by atoms with Crippen molar-refractivity contribution in [2.24, 2.45) is 0 Å². The summed E-state index contributed by atoms with van der Waals surface area (Å²) in [7, 11) is 1.87. The third-order valence-corrected chi connectivity index (χ3v) is 4.31. The highest BCUT2D eigenvalue weighted by Gasteiger charge is 2.10. The van der Waals surface area contributed by atoms with Crippen molar-refractivity contribution >= 4 is 33.1 Å². The molecule has 0 bridgehead atoms. The molecule has 23 heavy (non-hydrogen) atoms. The minimum absolute atomic E-state index is 0.139. The number of likely N-dealkylation sites (N-methyl/N-ethyl adjacent to an activating group) is 1. The Kier molecular flexibility index (Phi) is 4.64. The molecule has 0 saturated carbocycles. The van der Waals surface area contributed by atoms with Crippen molar-refractivity contribution in [1.82, 2.24) is 9.88 Å². The second-order valence-corrected chi connectivity index (χ2v) is 6.42. The number of thiazole rings is 1. The van der Waals surface area contributed by atoms with E-state index in [1.165, 1.54) is 12.1 Å². The first-order valence-electron chi connectivity index (χ1n) is 7.18. The quantitative estimate of drug-likeness (QED) is 0.779. The van der Waals surface area contributed by atoms with Gasteiger partial charge in [0.05, 0.1) is 23.3 Å². The topological polar surface area (TPSA) is 45.2 Å². The fourth-order valence-electron chi connectivity index (χ4n) is 2.25. The highest BCUT2D eigenvalue weighted by molar-refractivity contribution is 7.18. The number of hydrogen-bond acceptors (Lipinski definition) is 4. The average molecular weight is 329 g/mol. The molecule has 1 N–H and O–H groups in total. The number of hydrogen-bond donors (Lipinski definition) is 1. The highest BCUT2D eigenvalue weighted by Crippen LogP contribution is 2.22. The Balaban J connectivity index is 1.56. The summed E-state index contributed by atoms with van der Waals surface area (Å²) in [5.41, 5.74) is 1.57. The van der Waals surface area contributed by atoms with Gasteiger partial charge in [-0.05, 0) is 43.4 Å². The van der Waals surface area contributed by atoms with Gasteiger partial charge in [0.1, 0.15) is 10.8 Å². The lowest BCUT2D eigenvalue weighted by atomic mass is 10.3. The number of para-hydroxylation sites is 1. The molecular formula is C17H16FN3OS. The molecule has 0 aliphatic carbocycles. The van der Waals surface area contributed by atoms with Crippen LogP contribution >= 0.6 is 11.3 Å². The van der Waals surface area contributed by atoms with Gasteiger partial charge in [0.2, 0.25) is 5.91 Å². The second kappa shape index (κ2) is 6.85. The lowest BCUT2D eigenvalue weighted by molar-refractivity contribution is -0.117. The van der Waals surface area contributed by atoms with E-state index in [4.69, 9.17) is 0 Å². The van der Waals surface area contributed by atoms with Crippen molar-refractivity contribution < 1.29 is 9.18 Å². The summed E-state index contributed by atoms with van der Waals surface area (Å²) >= 11 is 1.63. The summed E-state index contributed by atoms with van der Waals surface area (Å²) in [5.74, 6) is -0.462. The van der Waals surface area contributed by atoms with E-state index in [0.29, 0.717) is 12.2 Å². The summed E-state index contributed by atoms with van der Waals surface area (Å²) < 4.78 is 14.0. The molecule has 0 fully saturated rings. The standard InChI is InChI=1S/C17H16FN3OS/c1-21(10-16(22)19-13-8-6-12(18)7-9-13)11-17-20-14-4-2-3-5-15(14)23-17/h2-9H,10-11H2,1H3,(H,19,22). The third-order valence-electron chi connectivity index (χ3n) is 3.28. The summed E-state index contributed by atoms with van der Waals surface area (Å²) in [6.07, 6.45) is 0. The number of amides is 1. The smallest absolute Gasteiger partial charge is 0.238 e. The molecular weight excluding hydrogens is 313 g/mol. The largest absolute Gasteiger partial charge is 0.325 e. The molecule has 0 atom stereocenters. The molecule has 0 saturated heterocycles. The zero-order valence-electron chi connectivity index (χ0n) is 12.6. The summed E-state index contributed by atoms with van der Waals surface area (Å²) in [6.45, 7) is 0.851. The first-order chi connectivity index (χ1) is 11.1. The fourth-order valence-corrected chi connectivity index (χ4v) is 3.30. The van der Waals surface area contributed by atoms with E-state index in [0.717, 1.165) is 15.2 Å². The molecule has 3 rings (SSSR count). The van der Waals surface area contributed by atoms with Crippen LogP contribution < -0.4 is 5.32 Å². The van der Waals surface area contributed by atoms with Gasteiger partial charge in [0, 0.05) is 5.69 Å². The van der Waals surface area contributed by atoms with Crippen LogP contribution in [-0.2, 0) is 11.3 Å². The second-order valence-electron chi connectivity index (χ2n) is 5.30. The van der Waals surface area contributed by atoms with E-state index < -0.39 is 0 Å². The van der Waals surface area contributed by atoms with Gasteiger partial charge in [-0.15, -0.1) is 11.3 Å². The van der Waals surface area contributed by atoms with E-state index in [-0.39, 0.29) is 18.3 Å². The van der Waals surface area contributed by atoms with Gasteiger partial charge < -0.3 is 5.32 Å². The van der Waals surface area contributed by atoms with Crippen molar-refractivity contribution in [3.8, 4) is 0 Å². The van der Waals surface area contributed by atoms with Crippen LogP contribution in [0.2, 0.25) is 0 Å². The molecule has 0 radical (unpaired) electrons. The van der Waals surface area contributed by atoms with Crippen LogP contribution in [0.25, 0.3) is 10.2 Å². The lowest BCUT2D eigenvalue weighted by Crippen LogP contribution is -2.29. The SMILES string of the molecule is CN(CC(=O)Nc1ccc(F)cc1)Cc1nc2ccccc2s1. The number of nitrogens with one attached hydrogen (secondary N) is 1. The van der Waals surface area contributed by atoms with Crippen molar-refractivity contribution in [2.75, 3.05) is 18.9 Å². The van der Waals surface area contributed by atoms with Crippen LogP contribution in [0.5, 0.6) is 0 Å². The molecule has 1 amide bonds. The van der Waals surface area contributed by atoms with Crippen molar-refractivity contribution in [1.29, 1.82) is 0 Å². The van der Waals surface area contributed by atoms with Gasteiger partial charge in [-0.3, -0.25) is 9.69 Å². The number of carbonyl (C=O) groups excluding carboxylic acids is 1. The minimum Gasteiger partial charge on any atom is -0.325 e. The number of halogens is 1. The number of anilines is 1. The van der Waals surface area contributed by atoms with Crippen molar-refractivity contribution in [2.45, 2.75) is 6.54 Å². The summed E-state index contributed by atoms with van der Waals surface area (Å²) in [4.78, 5) is 18.5. The van der Waals surface area contributed by atoms with E-state index in [1.54, 1.807) is 23.5 Å². The van der Waals surface area contributed by atoms with Gasteiger partial charge in [0.25, 0.3) is 0 Å². The minimum atomic E-state index is -0.323. The molecule has 2 aromatic carbocycles. The molecule has 4 nitrogen and oxygen atoms in total. The molecule has 0 aliphatic rings. The molecule has 1 heterocycles. The normalized spacial score (nSPS) is 11.1. The van der Waals surface area contributed by atoms with Crippen LogP contribution in [0, 0.1) is 5.82 Å². The van der Waals surface area contributed by atoms with Crippen LogP contribution in [0.1, 0.15) is 5.01 Å². The van der Waals surface area contributed by atoms with Crippen LogP contribution in [-0.4, -0.2) is 29.4 Å². The number of aromatic nitrogens is 1. The maximum absolute atomic E-state index is 12.8. The molecule has 118 valence electrons. The highest BCUT2D eigenvalue weighted by atomic mass is 32.1. The number of rotatable bonds is 5. The Labute approximate surface area is 137 Å². The van der Waals surface area contributed by atoms with Crippen LogP contribution in [0.15, 0.2) is 48.5 Å². The molecule has 0 aliphatic heterocycles. The number of benzene rings is 2. The Bertz CT molecular complexity index is 783. The Morgan fingerprint density at radius 2 is 1.96 bits per heavy atom. The van der Waals surface area contributed by atoms with E-state index >= 15 is 0 Å². The average Bonchev–Trinajstić information content (AvgIpc) is 2.91. The number of carbonyl (C=O) groups is 1. The van der Waals surface area contributed by atoms with Gasteiger partial charge >= 0.3 is 0 Å². The maximum Gasteiger partial charge on any atom is 0.238 e. The van der Waals surface area contributed by atoms with Crippen LogP contribution in [0.4, 0.5) is 10.1 Å². The fraction of sp³-hybridized carbons (Fsp3) is 0.176. The van der Waals surface area contributed by atoms with Gasteiger partial charge in [-0.1, -0.05) is 12.1 Å². The predicted molar refractivity (Wildman–Crippen MR) is 91.0 cm³/mol. The maximum atomic E-state index is 12.8. The zero-order chi connectivity index (χ0) is 16.2. The molecule has 0 spiro atoms. The molecule has 1 aromatic heterocycles. The lowest BCUT2D eigenvalue weighted by Gasteiger charge is -2.14. The Hall–Kier alpha value is -2.31. The van der Waals surface area contributed by atoms with E-state index in [1.807, 2.05) is 36.2 Å². The molecule has 0 unspecified atom stereocenters. The van der Waals surface area contributed by atoms with E-state index in [2.05, 4.69) is 10.3 Å². The van der Waals surface area contributed by atoms with Crippen molar-refractivity contribution in [3.05, 3.63) is 59.4 Å². The zero-order valence-corrected chi connectivity index (χ0v) is 13.4. The summed E-state index contributed by atoms with van der Waals surface area (Å²) in [5, 5.41) is 3.72. The number of fused-ring (bicyclic) bond motifs is 1. The first kappa shape index (κ1) is 15.6. The van der Waals surface area contributed by atoms with Crippen LogP contribution in [0.3, 0.4) is 0 Å². The monoisotopic (exact) mass is 329 g/mol. The number of nitrogens with zero attached hydrogens (tertiary/aromatic N) is 2. The Morgan fingerprint density at radius 1 is 1.22 bits per heavy atom. The molecule has 6 heteroatoms.